The van der Waals surface area contributed by atoms with E-state index in [0.717, 1.165) is 38.2 Å². The van der Waals surface area contributed by atoms with Crippen LogP contribution in [0.2, 0.25) is 0 Å². The van der Waals surface area contributed by atoms with Gasteiger partial charge in [0.2, 0.25) is 0 Å². The van der Waals surface area contributed by atoms with Crippen LogP contribution in [-0.4, -0.2) is 46.1 Å². The molecule has 1 aromatic carbocycles. The average molecular weight is 315 g/mol. The van der Waals surface area contributed by atoms with Gasteiger partial charge in [-0.15, -0.1) is 0 Å². The van der Waals surface area contributed by atoms with Crippen LogP contribution in [0.5, 0.6) is 5.75 Å². The van der Waals surface area contributed by atoms with Gasteiger partial charge in [-0.2, -0.15) is 5.10 Å². The van der Waals surface area contributed by atoms with Crippen molar-refractivity contribution in [3.8, 4) is 5.75 Å². The van der Waals surface area contributed by atoms with Gasteiger partial charge in [-0.25, -0.2) is 0 Å². The van der Waals surface area contributed by atoms with Crippen molar-refractivity contribution in [1.29, 1.82) is 0 Å². The summed E-state index contributed by atoms with van der Waals surface area (Å²) in [6.45, 7) is 4.65. The Morgan fingerprint density at radius 2 is 2.22 bits per heavy atom. The van der Waals surface area contributed by atoms with E-state index in [1.807, 2.05) is 23.0 Å². The van der Waals surface area contributed by atoms with Gasteiger partial charge in [0.1, 0.15) is 5.75 Å². The second-order valence-electron chi connectivity index (χ2n) is 6.07. The number of aliphatic hydroxyl groups is 1. The van der Waals surface area contributed by atoms with Crippen molar-refractivity contribution in [2.24, 2.45) is 0 Å². The number of hydrogen-bond acceptors (Lipinski definition) is 4. The molecule has 1 aliphatic heterocycles. The summed E-state index contributed by atoms with van der Waals surface area (Å²) in [6, 6.07) is 10.5. The minimum absolute atomic E-state index is 0.248. The van der Waals surface area contributed by atoms with Crippen molar-refractivity contribution in [1.82, 2.24) is 14.7 Å². The molecule has 0 aliphatic carbocycles. The van der Waals surface area contributed by atoms with E-state index in [9.17, 15) is 5.11 Å². The maximum absolute atomic E-state index is 10.1. The summed E-state index contributed by atoms with van der Waals surface area (Å²) < 4.78 is 7.37. The fraction of sp³-hybridized carbons (Fsp3) is 0.500. The third kappa shape index (κ3) is 3.57. The molecule has 124 valence electrons. The van der Waals surface area contributed by atoms with Crippen LogP contribution in [0, 0.1) is 0 Å². The Morgan fingerprint density at radius 1 is 1.35 bits per heavy atom. The zero-order valence-corrected chi connectivity index (χ0v) is 13.9. The third-order valence-electron chi connectivity index (χ3n) is 4.62. The van der Waals surface area contributed by atoms with Gasteiger partial charge in [-0.1, -0.05) is 12.1 Å². The number of ether oxygens (including phenoxy) is 1. The first-order valence-electron chi connectivity index (χ1n) is 8.28. The minimum Gasteiger partial charge on any atom is -0.497 e. The zero-order valence-electron chi connectivity index (χ0n) is 13.9. The number of aryl methyl sites for hydroxylation is 1. The number of β-amino-alcohol motifs (C(OH)–C–C–N with tert-alkyl or cyclic N) is 1. The van der Waals surface area contributed by atoms with Crippen molar-refractivity contribution in [2.45, 2.75) is 38.5 Å². The summed E-state index contributed by atoms with van der Waals surface area (Å²) in [5, 5.41) is 14.5. The van der Waals surface area contributed by atoms with Gasteiger partial charge >= 0.3 is 0 Å². The number of benzene rings is 1. The molecule has 1 saturated heterocycles. The minimum atomic E-state index is -0.262. The van der Waals surface area contributed by atoms with Crippen LogP contribution in [-0.2, 0) is 13.0 Å². The van der Waals surface area contributed by atoms with E-state index >= 15 is 0 Å². The summed E-state index contributed by atoms with van der Waals surface area (Å²) in [4.78, 5) is 2.37. The van der Waals surface area contributed by atoms with Crippen LogP contribution >= 0.6 is 0 Å². The number of nitrogens with zero attached hydrogens (tertiary/aromatic N) is 3. The normalized spacial score (nSPS) is 21.7. The van der Waals surface area contributed by atoms with Gasteiger partial charge in [0, 0.05) is 44.0 Å². The molecular formula is C18H25N3O2. The molecular weight excluding hydrogens is 290 g/mol. The molecule has 1 fully saturated rings. The highest BCUT2D eigenvalue weighted by Crippen LogP contribution is 2.33. The summed E-state index contributed by atoms with van der Waals surface area (Å²) in [5.41, 5.74) is 2.46. The molecule has 0 bridgehead atoms. The lowest BCUT2D eigenvalue weighted by molar-refractivity contribution is 0.175. The molecule has 5 nitrogen and oxygen atoms in total. The quantitative estimate of drug-likeness (QED) is 0.888. The second-order valence-corrected chi connectivity index (χ2v) is 6.07. The number of likely N-dealkylation sites (tertiary alicyclic amines) is 1. The first-order valence-corrected chi connectivity index (χ1v) is 8.28. The molecule has 2 heterocycles. The Labute approximate surface area is 137 Å². The number of rotatable bonds is 6. The monoisotopic (exact) mass is 315 g/mol. The standard InChI is InChI=1S/C18H25N3O2/c1-3-21-15(7-9-19-21)8-10-20-13-16(22)12-18(20)14-5-4-6-17(11-14)23-2/h4-7,9,11,16,18,22H,3,8,10,12-13H2,1-2H3/t16-,18-/m0/s1. The van der Waals surface area contributed by atoms with E-state index in [1.54, 1.807) is 7.11 Å². The van der Waals surface area contributed by atoms with Crippen LogP contribution in [0.3, 0.4) is 0 Å². The van der Waals surface area contributed by atoms with Gasteiger partial charge in [0.05, 0.1) is 13.2 Å². The Kier molecular flexibility index (Phi) is 4.98. The van der Waals surface area contributed by atoms with E-state index in [4.69, 9.17) is 4.74 Å². The summed E-state index contributed by atoms with van der Waals surface area (Å²) in [5.74, 6) is 0.868. The SMILES string of the molecule is CCn1nccc1CCN1C[C@@H](O)C[C@H]1c1cccc(OC)c1. The van der Waals surface area contributed by atoms with E-state index in [1.165, 1.54) is 11.3 Å². The van der Waals surface area contributed by atoms with E-state index in [2.05, 4.69) is 35.1 Å². The maximum atomic E-state index is 10.1. The lowest BCUT2D eigenvalue weighted by Crippen LogP contribution is -2.27. The molecule has 2 atom stereocenters. The Balaban J connectivity index is 1.72. The molecule has 1 N–H and O–H groups in total. The first kappa shape index (κ1) is 16.0. The molecule has 1 aromatic heterocycles. The van der Waals surface area contributed by atoms with E-state index < -0.39 is 0 Å². The van der Waals surface area contributed by atoms with Crippen molar-refractivity contribution < 1.29 is 9.84 Å². The van der Waals surface area contributed by atoms with Crippen molar-refractivity contribution in [3.63, 3.8) is 0 Å². The topological polar surface area (TPSA) is 50.5 Å². The zero-order chi connectivity index (χ0) is 16.2. The van der Waals surface area contributed by atoms with Gasteiger partial charge in [0.15, 0.2) is 0 Å². The van der Waals surface area contributed by atoms with Crippen LogP contribution in [0.4, 0.5) is 0 Å². The Bertz CT molecular complexity index is 641. The first-order chi connectivity index (χ1) is 11.2. The van der Waals surface area contributed by atoms with Gasteiger partial charge < -0.3 is 9.84 Å². The molecule has 23 heavy (non-hydrogen) atoms. The average Bonchev–Trinajstić information content (AvgIpc) is 3.18. The predicted octanol–water partition coefficient (Wildman–Crippen LogP) is 2.26. The molecule has 0 radical (unpaired) electrons. The Morgan fingerprint density at radius 3 is 3.00 bits per heavy atom. The molecule has 5 heteroatoms. The second kappa shape index (κ2) is 7.15. The summed E-state index contributed by atoms with van der Waals surface area (Å²) >= 11 is 0. The molecule has 0 saturated carbocycles. The molecule has 1 aliphatic rings. The van der Waals surface area contributed by atoms with Gasteiger partial charge in [-0.3, -0.25) is 9.58 Å². The Hall–Kier alpha value is -1.85. The largest absolute Gasteiger partial charge is 0.497 e. The highest BCUT2D eigenvalue weighted by Gasteiger charge is 2.31. The fourth-order valence-corrected chi connectivity index (χ4v) is 3.44. The molecule has 3 rings (SSSR count). The molecule has 0 unspecified atom stereocenters. The molecule has 0 spiro atoms. The van der Waals surface area contributed by atoms with E-state index in [0.29, 0.717) is 0 Å². The number of aromatic nitrogens is 2. The number of methoxy groups -OCH3 is 1. The van der Waals surface area contributed by atoms with E-state index in [-0.39, 0.29) is 12.1 Å². The van der Waals surface area contributed by atoms with Crippen molar-refractivity contribution in [3.05, 3.63) is 47.8 Å². The van der Waals surface area contributed by atoms with Crippen molar-refractivity contribution in [2.75, 3.05) is 20.2 Å². The predicted molar refractivity (Wildman–Crippen MR) is 89.5 cm³/mol. The number of aliphatic hydroxyl groups excluding tert-OH is 1. The highest BCUT2D eigenvalue weighted by molar-refractivity contribution is 5.31. The van der Waals surface area contributed by atoms with Gasteiger partial charge in [0.25, 0.3) is 0 Å². The maximum Gasteiger partial charge on any atom is 0.119 e. The molecule has 0 amide bonds. The van der Waals surface area contributed by atoms with Crippen LogP contribution < -0.4 is 4.74 Å². The lowest BCUT2D eigenvalue weighted by atomic mass is 10.0. The molecule has 2 aromatic rings. The number of hydrogen-bond donors (Lipinski definition) is 1. The van der Waals surface area contributed by atoms with Crippen LogP contribution in [0.15, 0.2) is 36.5 Å². The van der Waals surface area contributed by atoms with Crippen LogP contribution in [0.25, 0.3) is 0 Å². The smallest absolute Gasteiger partial charge is 0.119 e. The third-order valence-corrected chi connectivity index (χ3v) is 4.62. The summed E-state index contributed by atoms with van der Waals surface area (Å²) in [6.07, 6.45) is 3.32. The highest BCUT2D eigenvalue weighted by atomic mass is 16.5. The fourth-order valence-electron chi connectivity index (χ4n) is 3.44. The summed E-state index contributed by atoms with van der Waals surface area (Å²) in [7, 11) is 1.69. The van der Waals surface area contributed by atoms with Gasteiger partial charge in [-0.05, 0) is 37.1 Å². The van der Waals surface area contributed by atoms with Crippen molar-refractivity contribution >= 4 is 0 Å². The lowest BCUT2D eigenvalue weighted by Gasteiger charge is -2.24. The van der Waals surface area contributed by atoms with Crippen LogP contribution in [0.1, 0.15) is 30.6 Å².